The maximum Gasteiger partial charge on any atom is 0.274 e. The maximum absolute atomic E-state index is 12.5. The summed E-state index contributed by atoms with van der Waals surface area (Å²) in [6.45, 7) is 6.75. The van der Waals surface area contributed by atoms with Gasteiger partial charge in [-0.25, -0.2) is 0 Å². The minimum Gasteiger partial charge on any atom is -0.497 e. The first-order valence-corrected chi connectivity index (χ1v) is 7.72. The number of carbonyl (C=O) groups is 1. The minimum absolute atomic E-state index is 0.143. The Balaban J connectivity index is 2.48. The number of methoxy groups -OCH3 is 2. The van der Waals surface area contributed by atoms with E-state index in [4.69, 9.17) is 9.47 Å². The van der Waals surface area contributed by atoms with Crippen molar-refractivity contribution in [2.24, 2.45) is 0 Å². The number of hydrogen-bond donors (Lipinski definition) is 0. The van der Waals surface area contributed by atoms with E-state index in [0.717, 1.165) is 11.3 Å². The Bertz CT molecular complexity index is 737. The summed E-state index contributed by atoms with van der Waals surface area (Å²) >= 11 is 0. The van der Waals surface area contributed by atoms with Crippen LogP contribution in [0.2, 0.25) is 0 Å². The van der Waals surface area contributed by atoms with Gasteiger partial charge in [0.05, 0.1) is 19.9 Å². The molecule has 0 spiro atoms. The summed E-state index contributed by atoms with van der Waals surface area (Å²) in [5, 5.41) is 4.43. The molecule has 0 atom stereocenters. The van der Waals surface area contributed by atoms with Gasteiger partial charge in [-0.15, -0.1) is 6.58 Å². The highest BCUT2D eigenvalue weighted by atomic mass is 16.5. The Labute approximate surface area is 142 Å². The van der Waals surface area contributed by atoms with Crippen LogP contribution in [-0.2, 0) is 6.54 Å². The van der Waals surface area contributed by atoms with Crippen molar-refractivity contribution in [1.82, 2.24) is 14.7 Å². The van der Waals surface area contributed by atoms with Crippen LogP contribution in [-0.4, -0.2) is 48.4 Å². The van der Waals surface area contributed by atoms with Gasteiger partial charge in [0.2, 0.25) is 0 Å². The normalized spacial score (nSPS) is 10.3. The third-order valence-electron chi connectivity index (χ3n) is 3.73. The van der Waals surface area contributed by atoms with Crippen molar-refractivity contribution in [3.8, 4) is 22.8 Å². The fourth-order valence-corrected chi connectivity index (χ4v) is 2.46. The summed E-state index contributed by atoms with van der Waals surface area (Å²) in [6.07, 6.45) is 1.68. The van der Waals surface area contributed by atoms with E-state index in [1.165, 1.54) is 0 Å². The molecule has 128 valence electrons. The summed E-state index contributed by atoms with van der Waals surface area (Å²) in [4.78, 5) is 14.0. The van der Waals surface area contributed by atoms with Crippen LogP contribution >= 0.6 is 0 Å². The summed E-state index contributed by atoms with van der Waals surface area (Å²) in [7, 11) is 4.94. The zero-order valence-corrected chi connectivity index (χ0v) is 14.6. The molecule has 2 aromatic rings. The lowest BCUT2D eigenvalue weighted by Gasteiger charge is -2.12. The van der Waals surface area contributed by atoms with Crippen molar-refractivity contribution >= 4 is 5.91 Å². The number of aryl methyl sites for hydroxylation is 1. The van der Waals surface area contributed by atoms with E-state index < -0.39 is 0 Å². The van der Waals surface area contributed by atoms with Crippen LogP contribution in [0.5, 0.6) is 11.5 Å². The second kappa shape index (κ2) is 7.68. The predicted octanol–water partition coefficient (Wildman–Crippen LogP) is 2.85. The summed E-state index contributed by atoms with van der Waals surface area (Å²) in [5.41, 5.74) is 2.08. The van der Waals surface area contributed by atoms with E-state index in [9.17, 15) is 4.79 Å². The number of hydrogen-bond acceptors (Lipinski definition) is 4. The van der Waals surface area contributed by atoms with E-state index in [1.807, 2.05) is 25.1 Å². The molecule has 1 aromatic heterocycles. The van der Waals surface area contributed by atoms with Crippen molar-refractivity contribution in [3.63, 3.8) is 0 Å². The standard InChI is InChI=1S/C18H23N3O3/c1-6-10-20(3)18(22)15-12-16(21(7-2)19-15)14-9-8-13(23-4)11-17(14)24-5/h6,8-9,11-12H,1,7,10H2,2-5H3. The van der Waals surface area contributed by atoms with Crippen LogP contribution in [0.3, 0.4) is 0 Å². The van der Waals surface area contributed by atoms with Crippen LogP contribution in [0.25, 0.3) is 11.3 Å². The number of aromatic nitrogens is 2. The highest BCUT2D eigenvalue weighted by Gasteiger charge is 2.19. The lowest BCUT2D eigenvalue weighted by Crippen LogP contribution is -2.27. The molecule has 0 unspecified atom stereocenters. The van der Waals surface area contributed by atoms with E-state index in [-0.39, 0.29) is 5.91 Å². The molecular formula is C18H23N3O3. The molecular weight excluding hydrogens is 306 g/mol. The third-order valence-corrected chi connectivity index (χ3v) is 3.73. The Hall–Kier alpha value is -2.76. The molecule has 0 radical (unpaired) electrons. The molecule has 6 heteroatoms. The Morgan fingerprint density at radius 2 is 2.08 bits per heavy atom. The van der Waals surface area contributed by atoms with Crippen LogP contribution in [0.1, 0.15) is 17.4 Å². The number of likely N-dealkylation sites (N-methyl/N-ethyl adjacent to an activating group) is 1. The Kier molecular flexibility index (Phi) is 5.63. The molecule has 2 rings (SSSR count). The number of ether oxygens (including phenoxy) is 2. The Morgan fingerprint density at radius 1 is 1.33 bits per heavy atom. The largest absolute Gasteiger partial charge is 0.497 e. The number of carbonyl (C=O) groups excluding carboxylic acids is 1. The van der Waals surface area contributed by atoms with Gasteiger partial charge in [0.25, 0.3) is 5.91 Å². The zero-order valence-electron chi connectivity index (χ0n) is 14.6. The molecule has 0 aliphatic heterocycles. The second-order valence-electron chi connectivity index (χ2n) is 5.27. The smallest absolute Gasteiger partial charge is 0.274 e. The SMILES string of the molecule is C=CCN(C)C(=O)c1cc(-c2ccc(OC)cc2OC)n(CC)n1. The van der Waals surface area contributed by atoms with Gasteiger partial charge in [0.15, 0.2) is 5.69 Å². The summed E-state index contributed by atoms with van der Waals surface area (Å²) < 4.78 is 12.5. The van der Waals surface area contributed by atoms with Crippen LogP contribution in [0.15, 0.2) is 36.9 Å². The zero-order chi connectivity index (χ0) is 17.7. The third kappa shape index (κ3) is 3.42. The first-order valence-electron chi connectivity index (χ1n) is 7.72. The van der Waals surface area contributed by atoms with Crippen molar-refractivity contribution in [2.75, 3.05) is 27.8 Å². The molecule has 0 aliphatic carbocycles. The Morgan fingerprint density at radius 3 is 2.67 bits per heavy atom. The van der Waals surface area contributed by atoms with Gasteiger partial charge >= 0.3 is 0 Å². The monoisotopic (exact) mass is 329 g/mol. The summed E-state index contributed by atoms with van der Waals surface area (Å²) in [6, 6.07) is 7.36. The second-order valence-corrected chi connectivity index (χ2v) is 5.27. The van der Waals surface area contributed by atoms with Gasteiger partial charge in [-0.05, 0) is 25.1 Å². The molecule has 0 fully saturated rings. The van der Waals surface area contributed by atoms with E-state index in [0.29, 0.717) is 30.3 Å². The van der Waals surface area contributed by atoms with Gasteiger partial charge in [-0.2, -0.15) is 5.10 Å². The van der Waals surface area contributed by atoms with Crippen molar-refractivity contribution in [2.45, 2.75) is 13.5 Å². The molecule has 24 heavy (non-hydrogen) atoms. The molecule has 6 nitrogen and oxygen atoms in total. The molecule has 1 heterocycles. The van der Waals surface area contributed by atoms with Crippen molar-refractivity contribution < 1.29 is 14.3 Å². The quantitative estimate of drug-likeness (QED) is 0.733. The molecule has 0 N–H and O–H groups in total. The fourth-order valence-electron chi connectivity index (χ4n) is 2.46. The number of nitrogens with zero attached hydrogens (tertiary/aromatic N) is 3. The van der Waals surface area contributed by atoms with E-state index >= 15 is 0 Å². The minimum atomic E-state index is -0.143. The molecule has 0 bridgehead atoms. The lowest BCUT2D eigenvalue weighted by molar-refractivity contribution is 0.0803. The average molecular weight is 329 g/mol. The first kappa shape index (κ1) is 17.6. The van der Waals surface area contributed by atoms with Gasteiger partial charge in [0.1, 0.15) is 11.5 Å². The van der Waals surface area contributed by atoms with E-state index in [2.05, 4.69) is 11.7 Å². The molecule has 0 saturated heterocycles. The van der Waals surface area contributed by atoms with Crippen LogP contribution in [0, 0.1) is 0 Å². The van der Waals surface area contributed by atoms with Crippen LogP contribution in [0.4, 0.5) is 0 Å². The lowest BCUT2D eigenvalue weighted by atomic mass is 10.1. The highest BCUT2D eigenvalue weighted by molar-refractivity contribution is 5.93. The number of rotatable bonds is 7. The fraction of sp³-hybridized carbons (Fsp3) is 0.333. The number of benzene rings is 1. The summed E-state index contributed by atoms with van der Waals surface area (Å²) in [5.74, 6) is 1.23. The van der Waals surface area contributed by atoms with E-state index in [1.54, 1.807) is 43.0 Å². The molecule has 1 amide bonds. The molecule has 1 aromatic carbocycles. The average Bonchev–Trinajstić information content (AvgIpc) is 3.04. The van der Waals surface area contributed by atoms with Crippen molar-refractivity contribution in [3.05, 3.63) is 42.6 Å². The maximum atomic E-state index is 12.5. The van der Waals surface area contributed by atoms with Gasteiger partial charge in [-0.1, -0.05) is 6.08 Å². The molecule has 0 aliphatic rings. The predicted molar refractivity (Wildman–Crippen MR) is 93.6 cm³/mol. The van der Waals surface area contributed by atoms with Crippen molar-refractivity contribution in [1.29, 1.82) is 0 Å². The first-order chi connectivity index (χ1) is 11.5. The topological polar surface area (TPSA) is 56.6 Å². The van der Waals surface area contributed by atoms with Gasteiger partial charge < -0.3 is 14.4 Å². The molecule has 0 saturated carbocycles. The van der Waals surface area contributed by atoms with Gasteiger partial charge in [-0.3, -0.25) is 9.48 Å². The number of amides is 1. The van der Waals surface area contributed by atoms with Gasteiger partial charge in [0, 0.05) is 31.8 Å². The highest BCUT2D eigenvalue weighted by Crippen LogP contribution is 2.33. The van der Waals surface area contributed by atoms with Crippen LogP contribution < -0.4 is 9.47 Å².